The third-order valence-corrected chi connectivity index (χ3v) is 5.97. The van der Waals surface area contributed by atoms with Gasteiger partial charge in [-0.3, -0.25) is 9.98 Å². The van der Waals surface area contributed by atoms with Crippen LogP contribution in [0, 0.1) is 0 Å². The Labute approximate surface area is 178 Å². The van der Waals surface area contributed by atoms with Gasteiger partial charge in [0.05, 0.1) is 0 Å². The van der Waals surface area contributed by atoms with Crippen LogP contribution in [-0.4, -0.2) is 19.5 Å². The van der Waals surface area contributed by atoms with Crippen molar-refractivity contribution in [2.45, 2.75) is 31.7 Å². The number of unbranched alkanes of at least 4 members (excludes halogenated alkanes) is 1. The maximum atomic E-state index is 4.41. The molecule has 0 fully saturated rings. The third-order valence-electron chi connectivity index (χ3n) is 5.97. The van der Waals surface area contributed by atoms with Crippen LogP contribution in [-0.2, 0) is 12.8 Å². The van der Waals surface area contributed by atoms with Crippen molar-refractivity contribution >= 4 is 34.0 Å². The number of benzene rings is 4. The van der Waals surface area contributed by atoms with Crippen LogP contribution >= 0.6 is 0 Å². The zero-order valence-electron chi connectivity index (χ0n) is 17.4. The van der Waals surface area contributed by atoms with Crippen molar-refractivity contribution in [3.8, 4) is 0 Å². The second-order valence-corrected chi connectivity index (χ2v) is 8.15. The zero-order chi connectivity index (χ0) is 20.3. The van der Waals surface area contributed by atoms with E-state index in [2.05, 4.69) is 82.8 Å². The molecular weight excluding hydrogens is 364 g/mol. The lowest BCUT2D eigenvalue weighted by molar-refractivity contribution is 0.734. The molecule has 0 amide bonds. The minimum absolute atomic E-state index is 0.297. The summed E-state index contributed by atoms with van der Waals surface area (Å²) in [6.07, 6.45) is 8.60. The average molecular weight is 391 g/mol. The molecular formula is C28H26N2. The quantitative estimate of drug-likeness (QED) is 0.247. The molecule has 0 aromatic heterocycles. The Balaban J connectivity index is 1.29. The molecule has 0 aliphatic carbocycles. The maximum absolute atomic E-state index is 4.41. The van der Waals surface area contributed by atoms with Crippen molar-refractivity contribution < 1.29 is 0 Å². The molecule has 148 valence electrons. The van der Waals surface area contributed by atoms with Crippen LogP contribution in [0.25, 0.3) is 21.5 Å². The largest absolute Gasteiger partial charge is 0.296 e. The van der Waals surface area contributed by atoms with Gasteiger partial charge in [-0.25, -0.2) is 0 Å². The Kier molecular flexibility index (Phi) is 5.15. The predicted octanol–water partition coefficient (Wildman–Crippen LogP) is 6.73. The fraction of sp³-hybridized carbons (Fsp3) is 0.214. The lowest BCUT2D eigenvalue weighted by atomic mass is 9.95. The number of nitrogens with zero attached hydrogens (tertiary/aromatic N) is 2. The van der Waals surface area contributed by atoms with Gasteiger partial charge in [0.2, 0.25) is 0 Å². The molecule has 4 aromatic rings. The van der Waals surface area contributed by atoms with Crippen molar-refractivity contribution in [1.82, 2.24) is 0 Å². The molecule has 5 rings (SSSR count). The fourth-order valence-electron chi connectivity index (χ4n) is 4.45. The summed E-state index contributed by atoms with van der Waals surface area (Å²) < 4.78 is 0. The molecule has 0 saturated carbocycles. The molecule has 0 radical (unpaired) electrons. The standard InChI is InChI=1S/C28H26N2/c1-29-18-24-16-20(14-22-10-4-6-12-25(22)24)8-2-3-9-21-15-23-11-5-7-13-26(23)27(17-21)28-19-30-28/h4-7,10-19,28H,2-3,8-9H2,1H3. The molecule has 1 unspecified atom stereocenters. The summed E-state index contributed by atoms with van der Waals surface area (Å²) in [5, 5.41) is 5.25. The van der Waals surface area contributed by atoms with Crippen molar-refractivity contribution in [1.29, 1.82) is 0 Å². The third kappa shape index (κ3) is 3.91. The summed E-state index contributed by atoms with van der Waals surface area (Å²) in [5.74, 6) is 0. The van der Waals surface area contributed by atoms with Gasteiger partial charge in [0.15, 0.2) is 0 Å². The Hall–Kier alpha value is -3.26. The number of hydrogen-bond acceptors (Lipinski definition) is 2. The molecule has 1 atom stereocenters. The van der Waals surface area contributed by atoms with E-state index in [4.69, 9.17) is 0 Å². The van der Waals surface area contributed by atoms with E-state index in [9.17, 15) is 0 Å². The monoisotopic (exact) mass is 390 g/mol. The smallest absolute Gasteiger partial charge is 0.110 e. The summed E-state index contributed by atoms with van der Waals surface area (Å²) in [4.78, 5) is 8.66. The predicted molar refractivity (Wildman–Crippen MR) is 129 cm³/mol. The molecule has 4 aromatic carbocycles. The van der Waals surface area contributed by atoms with Gasteiger partial charge < -0.3 is 0 Å². The first-order valence-corrected chi connectivity index (χ1v) is 10.8. The highest BCUT2D eigenvalue weighted by Gasteiger charge is 2.19. The number of rotatable bonds is 7. The van der Waals surface area contributed by atoms with Crippen LogP contribution in [0.5, 0.6) is 0 Å². The van der Waals surface area contributed by atoms with Gasteiger partial charge in [-0.1, -0.05) is 66.7 Å². The highest BCUT2D eigenvalue weighted by molar-refractivity contribution is 6.00. The van der Waals surface area contributed by atoms with E-state index in [0.29, 0.717) is 6.04 Å². The molecule has 2 nitrogen and oxygen atoms in total. The van der Waals surface area contributed by atoms with Gasteiger partial charge in [0.25, 0.3) is 0 Å². The van der Waals surface area contributed by atoms with Crippen molar-refractivity contribution in [3.63, 3.8) is 0 Å². The van der Waals surface area contributed by atoms with Crippen molar-refractivity contribution in [2.75, 3.05) is 7.05 Å². The highest BCUT2D eigenvalue weighted by Crippen LogP contribution is 2.33. The molecule has 30 heavy (non-hydrogen) atoms. The second kappa shape index (κ2) is 8.23. The van der Waals surface area contributed by atoms with Gasteiger partial charge in [0, 0.05) is 25.0 Å². The molecule has 2 heteroatoms. The van der Waals surface area contributed by atoms with Crippen molar-refractivity contribution in [2.24, 2.45) is 9.98 Å². The first-order valence-electron chi connectivity index (χ1n) is 10.8. The maximum Gasteiger partial charge on any atom is 0.110 e. The number of fused-ring (bicyclic) bond motifs is 2. The van der Waals surface area contributed by atoms with E-state index in [-0.39, 0.29) is 0 Å². The van der Waals surface area contributed by atoms with Crippen LogP contribution in [0.15, 0.2) is 82.8 Å². The normalized spacial score (nSPS) is 15.4. The average Bonchev–Trinajstić information content (AvgIpc) is 3.62. The van der Waals surface area contributed by atoms with Crippen LogP contribution in [0.2, 0.25) is 0 Å². The van der Waals surface area contributed by atoms with E-state index in [1.165, 1.54) is 56.6 Å². The molecule has 1 aliphatic rings. The highest BCUT2D eigenvalue weighted by atomic mass is 14.9. The second-order valence-electron chi connectivity index (χ2n) is 8.15. The molecule has 0 spiro atoms. The van der Waals surface area contributed by atoms with Crippen molar-refractivity contribution in [3.05, 3.63) is 95.1 Å². The van der Waals surface area contributed by atoms with Gasteiger partial charge >= 0.3 is 0 Å². The lowest BCUT2D eigenvalue weighted by Gasteiger charge is -2.10. The van der Waals surface area contributed by atoms with E-state index in [1.54, 1.807) is 0 Å². The Morgan fingerprint density at radius 3 is 2.07 bits per heavy atom. The molecule has 0 bridgehead atoms. The Morgan fingerprint density at radius 1 is 0.800 bits per heavy atom. The van der Waals surface area contributed by atoms with Crippen LogP contribution in [0.3, 0.4) is 0 Å². The van der Waals surface area contributed by atoms with Gasteiger partial charge in [-0.2, -0.15) is 0 Å². The lowest BCUT2D eigenvalue weighted by Crippen LogP contribution is -1.94. The molecule has 0 N–H and O–H groups in total. The fourth-order valence-corrected chi connectivity index (χ4v) is 4.45. The first kappa shape index (κ1) is 18.7. The summed E-state index contributed by atoms with van der Waals surface area (Å²) >= 11 is 0. The van der Waals surface area contributed by atoms with Gasteiger partial charge in [-0.15, -0.1) is 0 Å². The van der Waals surface area contributed by atoms with Crippen LogP contribution in [0.1, 0.15) is 41.1 Å². The molecule has 0 saturated heterocycles. The summed E-state index contributed by atoms with van der Waals surface area (Å²) in [6.45, 7) is 0. The summed E-state index contributed by atoms with van der Waals surface area (Å²) in [5.41, 5.74) is 5.40. The first-order chi connectivity index (χ1) is 14.8. The number of aryl methyl sites for hydroxylation is 2. The van der Waals surface area contributed by atoms with E-state index in [1.807, 2.05) is 19.5 Å². The van der Waals surface area contributed by atoms with E-state index >= 15 is 0 Å². The number of aliphatic imine (C=N–C) groups is 2. The number of hydrogen-bond donors (Lipinski definition) is 0. The van der Waals surface area contributed by atoms with E-state index in [0.717, 1.165) is 12.8 Å². The Bertz CT molecular complexity index is 1260. The molecule has 1 heterocycles. The topological polar surface area (TPSA) is 24.7 Å². The van der Waals surface area contributed by atoms with Gasteiger partial charge in [-0.05, 0) is 70.0 Å². The van der Waals surface area contributed by atoms with E-state index < -0.39 is 0 Å². The van der Waals surface area contributed by atoms with Crippen LogP contribution in [0.4, 0.5) is 0 Å². The van der Waals surface area contributed by atoms with Crippen LogP contribution < -0.4 is 0 Å². The minimum atomic E-state index is 0.297. The minimum Gasteiger partial charge on any atom is -0.296 e. The van der Waals surface area contributed by atoms with Gasteiger partial charge in [0.1, 0.15) is 6.04 Å². The summed E-state index contributed by atoms with van der Waals surface area (Å²) in [7, 11) is 1.84. The Morgan fingerprint density at radius 2 is 1.40 bits per heavy atom. The molecule has 1 aliphatic heterocycles. The SMILES string of the molecule is CN=Cc1cc(CCCCc2cc(C3C=N3)c3ccccc3c2)cc2ccccc12. The zero-order valence-corrected chi connectivity index (χ0v) is 17.4. The summed E-state index contributed by atoms with van der Waals surface area (Å²) in [6, 6.07) is 26.9.